The average Bonchev–Trinajstić information content (AvgIpc) is 2.28. The van der Waals surface area contributed by atoms with Crippen LogP contribution in [0.4, 0.5) is 0 Å². The Hall–Kier alpha value is -0.670. The van der Waals surface area contributed by atoms with Crippen LogP contribution in [0.2, 0.25) is 0 Å². The second kappa shape index (κ2) is 6.03. The molecule has 3 heteroatoms. The molecular weight excluding hydrogens is 206 g/mol. The van der Waals surface area contributed by atoms with Crippen LogP contribution in [0.3, 0.4) is 0 Å². The molecule has 0 heterocycles. The van der Waals surface area contributed by atoms with Gasteiger partial charge in [-0.25, -0.2) is 0 Å². The fraction of sp³-hybridized carbons (Fsp3) is 0.500. The fourth-order valence-corrected chi connectivity index (χ4v) is 2.35. The van der Waals surface area contributed by atoms with Crippen molar-refractivity contribution in [3.05, 3.63) is 29.8 Å². The third-order valence-corrected chi connectivity index (χ3v) is 3.59. The molecule has 0 aliphatic carbocycles. The molecule has 0 aromatic heterocycles. The van der Waals surface area contributed by atoms with Gasteiger partial charge in [0.05, 0.1) is 7.11 Å². The second-order valence-corrected chi connectivity index (χ2v) is 5.11. The number of nitrogens with two attached hydrogens (primary N) is 1. The Labute approximate surface area is 96.2 Å². The summed E-state index contributed by atoms with van der Waals surface area (Å²) in [4.78, 5) is 0. The summed E-state index contributed by atoms with van der Waals surface area (Å²) >= 11 is 1.89. The summed E-state index contributed by atoms with van der Waals surface area (Å²) in [6, 6.07) is 8.09. The molecule has 0 amide bonds. The van der Waals surface area contributed by atoms with E-state index in [1.165, 1.54) is 5.56 Å². The molecule has 0 aliphatic heterocycles. The third kappa shape index (κ3) is 3.43. The van der Waals surface area contributed by atoms with E-state index in [4.69, 9.17) is 10.5 Å². The van der Waals surface area contributed by atoms with Crippen molar-refractivity contribution in [1.29, 1.82) is 0 Å². The molecule has 0 radical (unpaired) electrons. The lowest BCUT2D eigenvalue weighted by Crippen LogP contribution is -2.21. The van der Waals surface area contributed by atoms with Crippen LogP contribution in [0.1, 0.15) is 25.5 Å². The SMILES string of the molecule is CCSC(C)C(N)c1ccc(OC)cc1. The Morgan fingerprint density at radius 2 is 1.93 bits per heavy atom. The lowest BCUT2D eigenvalue weighted by molar-refractivity contribution is 0.414. The number of hydrogen-bond donors (Lipinski definition) is 1. The zero-order valence-electron chi connectivity index (χ0n) is 9.57. The molecule has 2 nitrogen and oxygen atoms in total. The molecule has 0 saturated heterocycles. The maximum atomic E-state index is 6.15. The molecule has 1 rings (SSSR count). The number of thioether (sulfide) groups is 1. The number of benzene rings is 1. The highest BCUT2D eigenvalue weighted by Gasteiger charge is 2.14. The Bertz CT molecular complexity index is 286. The van der Waals surface area contributed by atoms with Crippen LogP contribution in [0.25, 0.3) is 0 Å². The van der Waals surface area contributed by atoms with Crippen LogP contribution in [0.15, 0.2) is 24.3 Å². The minimum atomic E-state index is 0.0980. The van der Waals surface area contributed by atoms with E-state index in [2.05, 4.69) is 13.8 Å². The molecule has 84 valence electrons. The van der Waals surface area contributed by atoms with Crippen LogP contribution in [0, 0.1) is 0 Å². The van der Waals surface area contributed by atoms with Gasteiger partial charge in [0, 0.05) is 11.3 Å². The molecule has 1 aromatic rings. The molecule has 0 bridgehead atoms. The summed E-state index contributed by atoms with van der Waals surface area (Å²) in [6.45, 7) is 4.32. The van der Waals surface area contributed by atoms with Gasteiger partial charge in [-0.3, -0.25) is 0 Å². The Balaban J connectivity index is 2.69. The van der Waals surface area contributed by atoms with Gasteiger partial charge in [0.1, 0.15) is 5.75 Å². The highest BCUT2D eigenvalue weighted by atomic mass is 32.2. The van der Waals surface area contributed by atoms with Crippen LogP contribution in [-0.2, 0) is 0 Å². The zero-order valence-corrected chi connectivity index (χ0v) is 10.4. The zero-order chi connectivity index (χ0) is 11.3. The number of rotatable bonds is 5. The predicted octanol–water partition coefficient (Wildman–Crippen LogP) is 2.84. The first-order valence-electron chi connectivity index (χ1n) is 5.20. The lowest BCUT2D eigenvalue weighted by Gasteiger charge is -2.19. The predicted molar refractivity (Wildman–Crippen MR) is 67.5 cm³/mol. The van der Waals surface area contributed by atoms with Gasteiger partial charge >= 0.3 is 0 Å². The molecule has 15 heavy (non-hydrogen) atoms. The maximum absolute atomic E-state index is 6.15. The third-order valence-electron chi connectivity index (χ3n) is 2.44. The van der Waals surface area contributed by atoms with Gasteiger partial charge in [-0.05, 0) is 23.4 Å². The first-order chi connectivity index (χ1) is 7.19. The largest absolute Gasteiger partial charge is 0.497 e. The van der Waals surface area contributed by atoms with Crippen molar-refractivity contribution in [3.8, 4) is 5.75 Å². The van der Waals surface area contributed by atoms with Gasteiger partial charge in [-0.15, -0.1) is 0 Å². The van der Waals surface area contributed by atoms with Crippen LogP contribution in [-0.4, -0.2) is 18.1 Å². The quantitative estimate of drug-likeness (QED) is 0.837. The highest BCUT2D eigenvalue weighted by molar-refractivity contribution is 7.99. The van der Waals surface area contributed by atoms with Crippen molar-refractivity contribution < 1.29 is 4.74 Å². The van der Waals surface area contributed by atoms with Crippen molar-refractivity contribution in [3.63, 3.8) is 0 Å². The number of methoxy groups -OCH3 is 1. The van der Waals surface area contributed by atoms with Crippen molar-refractivity contribution in [2.75, 3.05) is 12.9 Å². The fourth-order valence-electron chi connectivity index (χ4n) is 1.46. The minimum Gasteiger partial charge on any atom is -0.497 e. The van der Waals surface area contributed by atoms with Gasteiger partial charge in [0.25, 0.3) is 0 Å². The van der Waals surface area contributed by atoms with Gasteiger partial charge in [0.2, 0.25) is 0 Å². The van der Waals surface area contributed by atoms with E-state index in [1.807, 2.05) is 36.0 Å². The summed E-state index contributed by atoms with van der Waals surface area (Å²) < 4.78 is 5.11. The standard InChI is InChI=1S/C12H19NOS/c1-4-15-9(2)12(13)10-5-7-11(14-3)8-6-10/h5-9,12H,4,13H2,1-3H3. The molecular formula is C12H19NOS. The van der Waals surface area contributed by atoms with Gasteiger partial charge in [0.15, 0.2) is 0 Å². The number of ether oxygens (including phenoxy) is 1. The van der Waals surface area contributed by atoms with Crippen molar-refractivity contribution >= 4 is 11.8 Å². The van der Waals surface area contributed by atoms with Crippen LogP contribution in [0.5, 0.6) is 5.75 Å². The van der Waals surface area contributed by atoms with Crippen molar-refractivity contribution in [2.45, 2.75) is 25.1 Å². The molecule has 2 unspecified atom stereocenters. The summed E-state index contributed by atoms with van der Waals surface area (Å²) in [6.07, 6.45) is 0. The molecule has 0 aliphatic rings. The van der Waals surface area contributed by atoms with E-state index in [0.29, 0.717) is 5.25 Å². The van der Waals surface area contributed by atoms with Gasteiger partial charge < -0.3 is 10.5 Å². The topological polar surface area (TPSA) is 35.2 Å². The summed E-state index contributed by atoms with van der Waals surface area (Å²) in [5.41, 5.74) is 7.33. The van der Waals surface area contributed by atoms with E-state index in [1.54, 1.807) is 7.11 Å². The lowest BCUT2D eigenvalue weighted by atomic mass is 10.1. The first-order valence-corrected chi connectivity index (χ1v) is 6.25. The van der Waals surface area contributed by atoms with E-state index in [9.17, 15) is 0 Å². The molecule has 0 fully saturated rings. The van der Waals surface area contributed by atoms with E-state index >= 15 is 0 Å². The molecule has 0 saturated carbocycles. The molecule has 1 aromatic carbocycles. The number of hydrogen-bond acceptors (Lipinski definition) is 3. The Morgan fingerprint density at radius 3 is 2.40 bits per heavy atom. The smallest absolute Gasteiger partial charge is 0.118 e. The van der Waals surface area contributed by atoms with Gasteiger partial charge in [-0.1, -0.05) is 26.0 Å². The highest BCUT2D eigenvalue weighted by Crippen LogP contribution is 2.25. The minimum absolute atomic E-state index is 0.0980. The average molecular weight is 225 g/mol. The maximum Gasteiger partial charge on any atom is 0.118 e. The second-order valence-electron chi connectivity index (χ2n) is 3.46. The molecule has 2 N–H and O–H groups in total. The van der Waals surface area contributed by atoms with Crippen molar-refractivity contribution in [2.24, 2.45) is 5.73 Å². The molecule has 2 atom stereocenters. The van der Waals surface area contributed by atoms with Crippen LogP contribution < -0.4 is 10.5 Å². The van der Waals surface area contributed by atoms with E-state index in [0.717, 1.165) is 11.5 Å². The van der Waals surface area contributed by atoms with Crippen LogP contribution >= 0.6 is 11.8 Å². The van der Waals surface area contributed by atoms with Crippen molar-refractivity contribution in [1.82, 2.24) is 0 Å². The monoisotopic (exact) mass is 225 g/mol. The van der Waals surface area contributed by atoms with E-state index < -0.39 is 0 Å². The van der Waals surface area contributed by atoms with Gasteiger partial charge in [-0.2, -0.15) is 11.8 Å². The summed E-state index contributed by atoms with van der Waals surface area (Å²) in [5, 5.41) is 0.448. The molecule has 0 spiro atoms. The Morgan fingerprint density at radius 1 is 1.33 bits per heavy atom. The normalized spacial score (nSPS) is 14.7. The Kier molecular flexibility index (Phi) is 4.99. The summed E-state index contributed by atoms with van der Waals surface area (Å²) in [7, 11) is 1.67. The first kappa shape index (κ1) is 12.4. The summed E-state index contributed by atoms with van der Waals surface area (Å²) in [5.74, 6) is 1.98. The van der Waals surface area contributed by atoms with E-state index in [-0.39, 0.29) is 6.04 Å².